The minimum atomic E-state index is -1.73. The van der Waals surface area contributed by atoms with E-state index in [-0.39, 0.29) is 26.6 Å². The van der Waals surface area contributed by atoms with Gasteiger partial charge in [0.25, 0.3) is 0 Å². The molecule has 6 nitrogen and oxygen atoms in total. The number of rotatable bonds is 6. The lowest BCUT2D eigenvalue weighted by Gasteiger charge is -2.37. The predicted molar refractivity (Wildman–Crippen MR) is 130 cm³/mol. The van der Waals surface area contributed by atoms with Gasteiger partial charge in [-0.25, -0.2) is 8.78 Å². The molecule has 2 aromatic rings. The van der Waals surface area contributed by atoms with E-state index in [9.17, 15) is 14.9 Å². The van der Waals surface area contributed by atoms with Crippen LogP contribution < -0.4 is 16.4 Å². The van der Waals surface area contributed by atoms with Crippen LogP contribution in [0, 0.1) is 28.4 Å². The van der Waals surface area contributed by atoms with Gasteiger partial charge in [-0.2, -0.15) is 5.26 Å². The van der Waals surface area contributed by atoms with Crippen LogP contribution in [0.3, 0.4) is 0 Å². The van der Waals surface area contributed by atoms with Gasteiger partial charge in [-0.1, -0.05) is 62.2 Å². The average molecular weight is 523 g/mol. The molecule has 0 radical (unpaired) electrons. The predicted octanol–water partition coefficient (Wildman–Crippen LogP) is 4.19. The number of amides is 2. The Bertz CT molecular complexity index is 1190. The lowest BCUT2D eigenvalue weighted by Crippen LogP contribution is -2.47. The van der Waals surface area contributed by atoms with E-state index in [0.29, 0.717) is 6.42 Å². The van der Waals surface area contributed by atoms with E-state index in [1.807, 2.05) is 20.8 Å². The number of primary amides is 1. The number of nitrogens with zero attached hydrogens (tertiary/aromatic N) is 1. The highest BCUT2D eigenvalue weighted by atomic mass is 35.5. The van der Waals surface area contributed by atoms with E-state index in [4.69, 9.17) is 28.9 Å². The number of halogens is 4. The fourth-order valence-electron chi connectivity index (χ4n) is 4.84. The van der Waals surface area contributed by atoms with Crippen molar-refractivity contribution in [3.8, 4) is 6.07 Å². The smallest absolute Gasteiger partial charge is 0.238 e. The van der Waals surface area contributed by atoms with Crippen LogP contribution in [0.5, 0.6) is 0 Å². The van der Waals surface area contributed by atoms with Crippen LogP contribution in [-0.2, 0) is 15.0 Å². The number of benzene rings is 2. The summed E-state index contributed by atoms with van der Waals surface area (Å²) in [7, 11) is 0. The van der Waals surface area contributed by atoms with Crippen molar-refractivity contribution >= 4 is 35.0 Å². The summed E-state index contributed by atoms with van der Waals surface area (Å²) in [5.74, 6) is -4.24. The maximum absolute atomic E-state index is 15.4. The van der Waals surface area contributed by atoms with Gasteiger partial charge in [-0.3, -0.25) is 9.59 Å². The third-order valence-corrected chi connectivity index (χ3v) is 6.70. The Balaban J connectivity index is 2.33. The van der Waals surface area contributed by atoms with Crippen molar-refractivity contribution in [1.29, 1.82) is 5.26 Å². The lowest BCUT2D eigenvalue weighted by molar-refractivity contribution is -0.126. The zero-order chi connectivity index (χ0) is 26.1. The summed E-state index contributed by atoms with van der Waals surface area (Å²) in [5.41, 5.74) is 3.02. The summed E-state index contributed by atoms with van der Waals surface area (Å²) in [6.07, 6.45) is 0.334. The highest BCUT2D eigenvalue weighted by Gasteiger charge is 2.61. The number of hydrogen-bond acceptors (Lipinski definition) is 4. The summed E-state index contributed by atoms with van der Waals surface area (Å²) in [4.78, 5) is 24.6. The van der Waals surface area contributed by atoms with Crippen LogP contribution in [0.4, 0.5) is 8.78 Å². The van der Waals surface area contributed by atoms with Crippen molar-refractivity contribution in [3.05, 3.63) is 69.2 Å². The summed E-state index contributed by atoms with van der Waals surface area (Å²) in [6.45, 7) is 5.35. The van der Waals surface area contributed by atoms with Gasteiger partial charge in [0.2, 0.25) is 11.8 Å². The highest BCUT2D eigenvalue weighted by Crippen LogP contribution is 2.52. The minimum absolute atomic E-state index is 0.0271. The molecule has 1 aliphatic heterocycles. The molecule has 0 saturated carbocycles. The van der Waals surface area contributed by atoms with Gasteiger partial charge in [0.15, 0.2) is 0 Å². The third kappa shape index (κ3) is 5.27. The minimum Gasteiger partial charge on any atom is -0.368 e. The van der Waals surface area contributed by atoms with Gasteiger partial charge in [-0.05, 0) is 35.6 Å². The molecule has 3 rings (SSSR count). The fourth-order valence-corrected chi connectivity index (χ4v) is 5.18. The molecule has 0 aliphatic carbocycles. The first-order valence-corrected chi connectivity index (χ1v) is 11.7. The van der Waals surface area contributed by atoms with Crippen LogP contribution in [0.15, 0.2) is 36.4 Å². The molecule has 0 unspecified atom stereocenters. The topological polar surface area (TPSA) is 108 Å². The van der Waals surface area contributed by atoms with Crippen LogP contribution >= 0.6 is 23.2 Å². The average Bonchev–Trinajstić information content (AvgIpc) is 3.07. The summed E-state index contributed by atoms with van der Waals surface area (Å²) >= 11 is 12.0. The molecular formula is C25H26Cl2F2N4O2. The second-order valence-electron chi connectivity index (χ2n) is 9.87. The number of carbonyl (C=O) groups excluding carboxylic acids is 2. The zero-order valence-corrected chi connectivity index (χ0v) is 21.0. The molecule has 0 spiro atoms. The largest absolute Gasteiger partial charge is 0.368 e. The van der Waals surface area contributed by atoms with Gasteiger partial charge in [-0.15, -0.1) is 0 Å². The van der Waals surface area contributed by atoms with Crippen molar-refractivity contribution in [1.82, 2.24) is 10.6 Å². The van der Waals surface area contributed by atoms with E-state index in [2.05, 4.69) is 16.7 Å². The Morgan fingerprint density at radius 2 is 1.91 bits per heavy atom. The zero-order valence-electron chi connectivity index (χ0n) is 19.5. The van der Waals surface area contributed by atoms with Gasteiger partial charge in [0, 0.05) is 22.5 Å². The molecule has 1 aliphatic rings. The van der Waals surface area contributed by atoms with Crippen molar-refractivity contribution in [3.63, 3.8) is 0 Å². The Hall–Kier alpha value is -2.73. The SMILES string of the molecule is CC(C)(C)C[C@@H]1N[C@@H](C(=O)NCC(N)=O)[C@H](c2cccc(Cl)c2F)[C@@]1(C#N)c1ccc(Cl)cc1F. The van der Waals surface area contributed by atoms with Crippen LogP contribution in [0.2, 0.25) is 10.0 Å². The second-order valence-corrected chi connectivity index (χ2v) is 10.7. The van der Waals surface area contributed by atoms with E-state index < -0.39 is 53.4 Å². The summed E-state index contributed by atoms with van der Waals surface area (Å²) in [5, 5.41) is 16.2. The summed E-state index contributed by atoms with van der Waals surface area (Å²) in [6, 6.07) is 8.42. The van der Waals surface area contributed by atoms with Gasteiger partial charge in [0.1, 0.15) is 17.0 Å². The van der Waals surface area contributed by atoms with E-state index in [1.165, 1.54) is 30.3 Å². The summed E-state index contributed by atoms with van der Waals surface area (Å²) < 4.78 is 30.9. The first-order chi connectivity index (χ1) is 16.3. The molecule has 0 aromatic heterocycles. The standard InChI is InChI=1S/C25H26Cl2F2N4O2/c1-24(2,3)10-18-25(12-30,15-8-7-13(26)9-17(15)28)20(14-5-4-6-16(27)21(14)29)22(33-18)23(35)32-11-19(31)34/h4-9,18,20,22,33H,10-11H2,1-3H3,(H2,31,34)(H,32,35)/t18-,20-,22+,25-/m0/s1. The monoisotopic (exact) mass is 522 g/mol. The Labute approximate surface area is 212 Å². The maximum Gasteiger partial charge on any atom is 0.238 e. The molecule has 1 saturated heterocycles. The van der Waals surface area contributed by atoms with E-state index >= 15 is 8.78 Å². The second kappa shape index (κ2) is 10.1. The third-order valence-electron chi connectivity index (χ3n) is 6.17. The van der Waals surface area contributed by atoms with Gasteiger partial charge < -0.3 is 16.4 Å². The highest BCUT2D eigenvalue weighted by molar-refractivity contribution is 6.31. The fraction of sp³-hybridized carbons (Fsp3) is 0.400. The Morgan fingerprint density at radius 3 is 2.49 bits per heavy atom. The van der Waals surface area contributed by atoms with Crippen LogP contribution in [-0.4, -0.2) is 30.4 Å². The van der Waals surface area contributed by atoms with Gasteiger partial charge >= 0.3 is 0 Å². The van der Waals surface area contributed by atoms with Gasteiger partial charge in [0.05, 0.1) is 23.7 Å². The molecule has 4 atom stereocenters. The number of carbonyl (C=O) groups is 2. The molecule has 2 aromatic carbocycles. The van der Waals surface area contributed by atoms with Crippen LogP contribution in [0.25, 0.3) is 0 Å². The van der Waals surface area contributed by atoms with Crippen molar-refractivity contribution in [2.24, 2.45) is 11.1 Å². The first-order valence-electron chi connectivity index (χ1n) is 10.9. The molecule has 4 N–H and O–H groups in total. The quantitative estimate of drug-likeness (QED) is 0.528. The molecule has 0 bridgehead atoms. The Morgan fingerprint density at radius 1 is 1.23 bits per heavy atom. The van der Waals surface area contributed by atoms with E-state index in [1.54, 1.807) is 0 Å². The molecule has 10 heteroatoms. The normalized spacial score (nSPS) is 24.1. The Kier molecular flexibility index (Phi) is 7.75. The molecule has 186 valence electrons. The van der Waals surface area contributed by atoms with Crippen LogP contribution in [0.1, 0.15) is 44.2 Å². The lowest BCUT2D eigenvalue weighted by atomic mass is 9.62. The number of hydrogen-bond donors (Lipinski definition) is 3. The number of nitrogens with one attached hydrogen (secondary N) is 2. The van der Waals surface area contributed by atoms with Crippen molar-refractivity contribution in [2.45, 2.75) is 50.6 Å². The molecule has 2 amide bonds. The van der Waals surface area contributed by atoms with Crippen molar-refractivity contribution in [2.75, 3.05) is 6.54 Å². The molecular weight excluding hydrogens is 497 g/mol. The molecule has 1 fully saturated rings. The first kappa shape index (κ1) is 26.9. The molecule has 1 heterocycles. The van der Waals surface area contributed by atoms with E-state index in [0.717, 1.165) is 6.07 Å². The molecule has 35 heavy (non-hydrogen) atoms. The number of nitriles is 1. The number of nitrogens with two attached hydrogens (primary N) is 1. The maximum atomic E-state index is 15.4. The van der Waals surface area contributed by atoms with Crippen molar-refractivity contribution < 1.29 is 18.4 Å².